The van der Waals surface area contributed by atoms with E-state index in [2.05, 4.69) is 4.74 Å². The number of benzene rings is 1. The van der Waals surface area contributed by atoms with Crippen molar-refractivity contribution in [3.8, 4) is 11.5 Å². The number of carbonyl (C=O) groups excluding carboxylic acids is 2. The van der Waals surface area contributed by atoms with Crippen LogP contribution < -0.4 is 10.4 Å². The van der Waals surface area contributed by atoms with Crippen LogP contribution in [0.2, 0.25) is 0 Å². The zero-order chi connectivity index (χ0) is 19.3. The summed E-state index contributed by atoms with van der Waals surface area (Å²) >= 11 is 0. The second-order valence-electron chi connectivity index (χ2n) is 5.43. The Balaban J connectivity index is 2.20. The highest BCUT2D eigenvalue weighted by Crippen LogP contribution is 2.23. The van der Waals surface area contributed by atoms with Crippen LogP contribution in [0, 0.1) is 13.8 Å². The Labute approximate surface area is 149 Å². The van der Waals surface area contributed by atoms with Crippen molar-refractivity contribution in [2.45, 2.75) is 13.8 Å². The first-order chi connectivity index (χ1) is 12.3. The summed E-state index contributed by atoms with van der Waals surface area (Å²) in [5, 5.41) is 10.0. The maximum absolute atomic E-state index is 12.3. The molecule has 0 atom stereocenters. The molecule has 0 aliphatic carbocycles. The van der Waals surface area contributed by atoms with Gasteiger partial charge in [0, 0.05) is 5.56 Å². The fourth-order valence-corrected chi connectivity index (χ4v) is 2.10. The van der Waals surface area contributed by atoms with Crippen LogP contribution in [0.5, 0.6) is 11.5 Å². The fourth-order valence-electron chi connectivity index (χ4n) is 2.10. The number of esters is 1. The van der Waals surface area contributed by atoms with E-state index in [0.29, 0.717) is 16.9 Å². The molecule has 0 spiro atoms. The summed E-state index contributed by atoms with van der Waals surface area (Å²) in [7, 11) is 1.26. The van der Waals surface area contributed by atoms with Crippen molar-refractivity contribution in [3.63, 3.8) is 0 Å². The number of carbonyl (C=O) groups is 2. The second kappa shape index (κ2) is 8.15. The summed E-state index contributed by atoms with van der Waals surface area (Å²) in [4.78, 5) is 35.2. The van der Waals surface area contributed by atoms with Gasteiger partial charge in [0.15, 0.2) is 12.4 Å². The first-order valence-corrected chi connectivity index (χ1v) is 7.69. The molecule has 1 N–H and O–H groups in total. The lowest BCUT2D eigenvalue weighted by atomic mass is 10.1. The van der Waals surface area contributed by atoms with Gasteiger partial charge in [-0.15, -0.1) is 0 Å². The first kappa shape index (κ1) is 19.0. The molecular formula is C19H18O7. The van der Waals surface area contributed by atoms with Gasteiger partial charge in [0.1, 0.15) is 22.8 Å². The van der Waals surface area contributed by atoms with E-state index in [1.54, 1.807) is 31.2 Å². The molecule has 7 heteroatoms. The van der Waals surface area contributed by atoms with Gasteiger partial charge in [0.2, 0.25) is 0 Å². The van der Waals surface area contributed by atoms with Gasteiger partial charge >= 0.3 is 11.6 Å². The number of methoxy groups -OCH3 is 1. The third-order valence-corrected chi connectivity index (χ3v) is 3.69. The minimum atomic E-state index is -0.893. The topological polar surface area (TPSA) is 103 Å². The highest BCUT2D eigenvalue weighted by Gasteiger charge is 2.19. The summed E-state index contributed by atoms with van der Waals surface area (Å²) in [6, 6.07) is 6.64. The average molecular weight is 358 g/mol. The van der Waals surface area contributed by atoms with Gasteiger partial charge in [0.25, 0.3) is 0 Å². The van der Waals surface area contributed by atoms with E-state index in [1.165, 1.54) is 20.1 Å². The van der Waals surface area contributed by atoms with Gasteiger partial charge in [-0.1, -0.05) is 18.2 Å². The van der Waals surface area contributed by atoms with Crippen molar-refractivity contribution in [1.82, 2.24) is 0 Å². The molecule has 1 heterocycles. The molecule has 2 aromatic rings. The predicted octanol–water partition coefficient (Wildman–Crippen LogP) is 2.41. The van der Waals surface area contributed by atoms with Crippen molar-refractivity contribution in [2.75, 3.05) is 13.7 Å². The van der Waals surface area contributed by atoms with E-state index in [1.807, 2.05) is 0 Å². The largest absolute Gasteiger partial charge is 0.506 e. The molecule has 136 valence electrons. The smallest absolute Gasteiger partial charge is 0.351 e. The molecule has 0 aliphatic rings. The quantitative estimate of drug-likeness (QED) is 0.480. The molecule has 0 unspecified atom stereocenters. The van der Waals surface area contributed by atoms with Gasteiger partial charge in [-0.3, -0.25) is 4.79 Å². The van der Waals surface area contributed by atoms with Crippen molar-refractivity contribution in [3.05, 3.63) is 63.2 Å². The Bertz CT molecular complexity index is 922. The molecule has 7 nitrogen and oxygen atoms in total. The van der Waals surface area contributed by atoms with E-state index in [0.717, 1.165) is 6.08 Å². The number of rotatable bonds is 6. The number of hydrogen-bond donors (Lipinski definition) is 1. The van der Waals surface area contributed by atoms with Gasteiger partial charge in [0.05, 0.1) is 7.11 Å². The van der Waals surface area contributed by atoms with E-state index in [4.69, 9.17) is 9.15 Å². The third-order valence-electron chi connectivity index (χ3n) is 3.69. The number of allylic oxidation sites excluding steroid dienone is 1. The first-order valence-electron chi connectivity index (χ1n) is 7.69. The van der Waals surface area contributed by atoms with Crippen molar-refractivity contribution in [1.29, 1.82) is 0 Å². The van der Waals surface area contributed by atoms with Crippen molar-refractivity contribution >= 4 is 17.8 Å². The monoisotopic (exact) mass is 358 g/mol. The number of ether oxygens (including phenoxy) is 2. The summed E-state index contributed by atoms with van der Waals surface area (Å²) in [5.41, 5.74) is -0.370. The molecule has 0 fully saturated rings. The third kappa shape index (κ3) is 4.38. The molecule has 0 radical (unpaired) electrons. The summed E-state index contributed by atoms with van der Waals surface area (Å²) in [5.74, 6) is -0.913. The maximum atomic E-state index is 12.3. The normalized spacial score (nSPS) is 10.7. The van der Waals surface area contributed by atoms with Crippen molar-refractivity contribution in [2.24, 2.45) is 0 Å². The Morgan fingerprint density at radius 1 is 1.27 bits per heavy atom. The zero-order valence-electron chi connectivity index (χ0n) is 14.6. The van der Waals surface area contributed by atoms with Gasteiger partial charge < -0.3 is 19.0 Å². The molecule has 0 saturated heterocycles. The number of aryl methyl sites for hydroxylation is 1. The van der Waals surface area contributed by atoms with Crippen LogP contribution in [0.25, 0.3) is 6.08 Å². The van der Waals surface area contributed by atoms with Gasteiger partial charge in [-0.2, -0.15) is 0 Å². The average Bonchev–Trinajstić information content (AvgIpc) is 2.63. The summed E-state index contributed by atoms with van der Waals surface area (Å²) in [6.07, 6.45) is 2.61. The zero-order valence-corrected chi connectivity index (χ0v) is 14.6. The molecule has 2 rings (SSSR count). The lowest BCUT2D eigenvalue weighted by molar-refractivity contribution is -0.142. The summed E-state index contributed by atoms with van der Waals surface area (Å²) in [6.45, 7) is 2.84. The van der Waals surface area contributed by atoms with E-state index < -0.39 is 22.9 Å². The molecule has 26 heavy (non-hydrogen) atoms. The highest BCUT2D eigenvalue weighted by molar-refractivity contribution is 6.08. The standard InChI is InChI=1S/C19H18O7/c1-11-12(2)26-19(23)17(18(11)22)15(20)8-7-13-5-4-6-14(9-13)25-10-16(21)24-3/h4-9,22H,10H2,1-3H3/b8-7+. The van der Waals surface area contributed by atoms with Crippen LogP contribution in [-0.2, 0) is 9.53 Å². The number of ketones is 1. The van der Waals surface area contributed by atoms with E-state index in [9.17, 15) is 19.5 Å². The summed E-state index contributed by atoms with van der Waals surface area (Å²) < 4.78 is 14.7. The molecule has 1 aromatic heterocycles. The Morgan fingerprint density at radius 2 is 2.00 bits per heavy atom. The van der Waals surface area contributed by atoms with Crippen LogP contribution in [0.15, 0.2) is 39.6 Å². The van der Waals surface area contributed by atoms with Crippen LogP contribution in [-0.4, -0.2) is 30.6 Å². The fraction of sp³-hybridized carbons (Fsp3) is 0.211. The lowest BCUT2D eigenvalue weighted by Crippen LogP contribution is -2.14. The van der Waals surface area contributed by atoms with Gasteiger partial charge in [-0.25, -0.2) is 9.59 Å². The van der Waals surface area contributed by atoms with E-state index in [-0.39, 0.29) is 18.1 Å². The van der Waals surface area contributed by atoms with Crippen LogP contribution in [0.3, 0.4) is 0 Å². The second-order valence-corrected chi connectivity index (χ2v) is 5.43. The molecule has 1 aromatic carbocycles. The molecule has 0 bridgehead atoms. The minimum Gasteiger partial charge on any atom is -0.506 e. The SMILES string of the molecule is COC(=O)COc1cccc(/C=C/C(=O)c2c(O)c(C)c(C)oc2=O)c1. The Kier molecular flexibility index (Phi) is 5.95. The van der Waals surface area contributed by atoms with Crippen LogP contribution in [0.1, 0.15) is 27.2 Å². The molecule has 0 amide bonds. The Hall–Kier alpha value is -3.35. The predicted molar refractivity (Wildman–Crippen MR) is 93.4 cm³/mol. The molecule has 0 saturated carbocycles. The Morgan fingerprint density at radius 3 is 2.69 bits per heavy atom. The molecule has 0 aliphatic heterocycles. The number of hydrogen-bond acceptors (Lipinski definition) is 7. The maximum Gasteiger partial charge on any atom is 0.351 e. The number of aromatic hydroxyl groups is 1. The highest BCUT2D eigenvalue weighted by atomic mass is 16.6. The van der Waals surface area contributed by atoms with Crippen molar-refractivity contribution < 1.29 is 28.6 Å². The van der Waals surface area contributed by atoms with Crippen LogP contribution >= 0.6 is 0 Å². The van der Waals surface area contributed by atoms with E-state index >= 15 is 0 Å². The minimum absolute atomic E-state index is 0.236. The lowest BCUT2D eigenvalue weighted by Gasteiger charge is -2.06. The van der Waals surface area contributed by atoms with Gasteiger partial charge in [-0.05, 0) is 37.6 Å². The van der Waals surface area contributed by atoms with Crippen LogP contribution in [0.4, 0.5) is 0 Å². The molecular weight excluding hydrogens is 340 g/mol.